The minimum atomic E-state index is -1.01. The van der Waals surface area contributed by atoms with E-state index in [1.165, 1.54) is 6.20 Å². The van der Waals surface area contributed by atoms with Crippen molar-refractivity contribution < 1.29 is 14.6 Å². The van der Waals surface area contributed by atoms with Gasteiger partial charge in [-0.25, -0.2) is 9.78 Å². The summed E-state index contributed by atoms with van der Waals surface area (Å²) < 4.78 is 6.39. The van der Waals surface area contributed by atoms with Crippen LogP contribution in [0.15, 0.2) is 12.4 Å². The predicted octanol–water partition coefficient (Wildman–Crippen LogP) is -0.117. The second-order valence-electron chi connectivity index (χ2n) is 2.00. The number of ether oxygens (including phenoxy) is 1. The van der Waals surface area contributed by atoms with Crippen molar-refractivity contribution in [2.75, 3.05) is 6.61 Å². The van der Waals surface area contributed by atoms with Crippen LogP contribution >= 0.6 is 0 Å². The Morgan fingerprint density at radius 1 is 1.91 bits per heavy atom. The number of carboxylic acids is 1. The minimum absolute atomic E-state index is 0.312. The number of rotatable bonds is 3. The summed E-state index contributed by atoms with van der Waals surface area (Å²) in [5.41, 5.74) is 0. The Bertz CT molecular complexity index is 256. The van der Waals surface area contributed by atoms with Crippen molar-refractivity contribution in [1.82, 2.24) is 9.55 Å². The van der Waals surface area contributed by atoms with Crippen molar-refractivity contribution in [3.63, 3.8) is 0 Å². The highest BCUT2D eigenvalue weighted by Crippen LogP contribution is 2.02. The highest BCUT2D eigenvalue weighted by molar-refractivity contribution is 5.68. The van der Waals surface area contributed by atoms with Crippen LogP contribution in [0.4, 0.5) is 0 Å². The smallest absolute Gasteiger partial charge is 0.341 e. The van der Waals surface area contributed by atoms with Crippen LogP contribution in [0.25, 0.3) is 0 Å². The molecule has 0 fully saturated rings. The Morgan fingerprint density at radius 3 is 3.09 bits per heavy atom. The predicted molar refractivity (Wildman–Crippen MR) is 36.3 cm³/mol. The Labute approximate surface area is 63.2 Å². The molecule has 0 amide bonds. The molecule has 1 aromatic heterocycles. The van der Waals surface area contributed by atoms with Crippen molar-refractivity contribution in [3.8, 4) is 6.01 Å². The summed E-state index contributed by atoms with van der Waals surface area (Å²) in [6.45, 7) is -0.356. The van der Waals surface area contributed by atoms with Crippen LogP contribution in [0.1, 0.15) is 0 Å². The molecule has 0 aliphatic heterocycles. The molecule has 0 radical (unpaired) electrons. The molecule has 1 N–H and O–H groups in total. The summed E-state index contributed by atoms with van der Waals surface area (Å²) in [5, 5.41) is 8.24. The van der Waals surface area contributed by atoms with Gasteiger partial charge in [0.25, 0.3) is 6.01 Å². The van der Waals surface area contributed by atoms with Crippen molar-refractivity contribution in [2.45, 2.75) is 0 Å². The molecule has 0 spiro atoms. The van der Waals surface area contributed by atoms with Crippen LogP contribution in [0, 0.1) is 0 Å². The third-order valence-corrected chi connectivity index (χ3v) is 1.10. The normalized spacial score (nSPS) is 9.55. The average molecular weight is 156 g/mol. The van der Waals surface area contributed by atoms with Gasteiger partial charge in [0.2, 0.25) is 0 Å². The van der Waals surface area contributed by atoms with Crippen LogP contribution < -0.4 is 4.74 Å². The van der Waals surface area contributed by atoms with Gasteiger partial charge in [-0.2, -0.15) is 0 Å². The van der Waals surface area contributed by atoms with Crippen LogP contribution in [-0.4, -0.2) is 27.2 Å². The zero-order valence-electron chi connectivity index (χ0n) is 6.02. The molecular weight excluding hydrogens is 148 g/mol. The summed E-state index contributed by atoms with van der Waals surface area (Å²) in [4.78, 5) is 13.8. The maximum Gasteiger partial charge on any atom is 0.341 e. The number of nitrogens with zero attached hydrogens (tertiary/aromatic N) is 2. The van der Waals surface area contributed by atoms with E-state index in [1.54, 1.807) is 17.8 Å². The van der Waals surface area contributed by atoms with Crippen molar-refractivity contribution >= 4 is 5.97 Å². The summed E-state index contributed by atoms with van der Waals surface area (Å²) in [5.74, 6) is -1.01. The summed E-state index contributed by atoms with van der Waals surface area (Å²) in [6, 6.07) is 0.312. The molecule has 0 atom stereocenters. The fourth-order valence-electron chi connectivity index (χ4n) is 0.617. The first-order valence-electron chi connectivity index (χ1n) is 3.02. The standard InChI is InChI=1S/C6H8N2O3/c1-8-3-2-7-6(8)11-4-5(9)10/h2-3H,4H2,1H3,(H,9,10). The summed E-state index contributed by atoms with van der Waals surface area (Å²) in [6.07, 6.45) is 3.22. The van der Waals surface area contributed by atoms with Crippen LogP contribution in [0.2, 0.25) is 0 Å². The quantitative estimate of drug-likeness (QED) is 0.662. The van der Waals surface area contributed by atoms with E-state index in [-0.39, 0.29) is 6.61 Å². The first kappa shape index (κ1) is 7.59. The number of carbonyl (C=O) groups is 1. The van der Waals surface area contributed by atoms with Gasteiger partial charge in [0.05, 0.1) is 0 Å². The molecule has 0 aromatic carbocycles. The SMILES string of the molecule is Cn1ccnc1OCC(=O)O. The fraction of sp³-hybridized carbons (Fsp3) is 0.333. The van der Waals surface area contributed by atoms with Gasteiger partial charge in [-0.3, -0.25) is 0 Å². The number of carboxylic acid groups (broad SMARTS) is 1. The fourth-order valence-corrected chi connectivity index (χ4v) is 0.617. The lowest BCUT2D eigenvalue weighted by molar-refractivity contribution is -0.139. The van der Waals surface area contributed by atoms with Gasteiger partial charge in [-0.05, 0) is 0 Å². The molecule has 0 saturated carbocycles. The first-order valence-corrected chi connectivity index (χ1v) is 3.02. The van der Waals surface area contributed by atoms with E-state index in [0.29, 0.717) is 6.01 Å². The second-order valence-corrected chi connectivity index (χ2v) is 2.00. The lowest BCUT2D eigenvalue weighted by Crippen LogP contribution is -2.11. The van der Waals surface area contributed by atoms with Gasteiger partial charge < -0.3 is 14.4 Å². The maximum atomic E-state index is 10.0. The van der Waals surface area contributed by atoms with Gasteiger partial charge in [-0.15, -0.1) is 0 Å². The van der Waals surface area contributed by atoms with E-state index in [1.807, 2.05) is 0 Å². The average Bonchev–Trinajstić information content (AvgIpc) is 2.31. The Morgan fingerprint density at radius 2 is 2.64 bits per heavy atom. The second kappa shape index (κ2) is 3.05. The van der Waals surface area contributed by atoms with Gasteiger partial charge in [-0.1, -0.05) is 0 Å². The third kappa shape index (κ3) is 1.96. The third-order valence-electron chi connectivity index (χ3n) is 1.10. The highest BCUT2D eigenvalue weighted by Gasteiger charge is 2.01. The molecule has 5 nitrogen and oxygen atoms in total. The van der Waals surface area contributed by atoms with Crippen molar-refractivity contribution in [2.24, 2.45) is 7.05 Å². The zero-order valence-corrected chi connectivity index (χ0v) is 6.02. The molecule has 60 valence electrons. The number of imidazole rings is 1. The molecule has 1 aromatic rings. The maximum absolute atomic E-state index is 10.0. The van der Waals surface area contributed by atoms with Gasteiger partial charge >= 0.3 is 5.97 Å². The van der Waals surface area contributed by atoms with Crippen LogP contribution in [-0.2, 0) is 11.8 Å². The minimum Gasteiger partial charge on any atom is -0.479 e. The Kier molecular flexibility index (Phi) is 2.10. The highest BCUT2D eigenvalue weighted by atomic mass is 16.5. The lowest BCUT2D eigenvalue weighted by Gasteiger charge is -2.00. The topological polar surface area (TPSA) is 64.4 Å². The molecule has 1 heterocycles. The molecule has 0 bridgehead atoms. The largest absolute Gasteiger partial charge is 0.479 e. The molecule has 0 unspecified atom stereocenters. The molecule has 5 heteroatoms. The number of hydrogen-bond donors (Lipinski definition) is 1. The van der Waals surface area contributed by atoms with E-state index < -0.39 is 5.97 Å². The van der Waals surface area contributed by atoms with E-state index >= 15 is 0 Å². The van der Waals surface area contributed by atoms with Crippen molar-refractivity contribution in [3.05, 3.63) is 12.4 Å². The molecular formula is C6H8N2O3. The Hall–Kier alpha value is -1.52. The lowest BCUT2D eigenvalue weighted by atomic mass is 10.7. The number of aliphatic carboxylic acids is 1. The summed E-state index contributed by atoms with van der Waals surface area (Å²) >= 11 is 0. The van der Waals surface area contributed by atoms with Gasteiger partial charge in [0, 0.05) is 19.4 Å². The molecule has 0 aliphatic rings. The number of aryl methyl sites for hydroxylation is 1. The van der Waals surface area contributed by atoms with E-state index in [4.69, 9.17) is 9.84 Å². The van der Waals surface area contributed by atoms with Gasteiger partial charge in [0.15, 0.2) is 6.61 Å². The van der Waals surface area contributed by atoms with Gasteiger partial charge in [0.1, 0.15) is 0 Å². The van der Waals surface area contributed by atoms with Crippen LogP contribution in [0.3, 0.4) is 0 Å². The number of hydrogen-bond acceptors (Lipinski definition) is 3. The Balaban J connectivity index is 2.51. The molecule has 0 aliphatic carbocycles. The number of aromatic nitrogens is 2. The van der Waals surface area contributed by atoms with E-state index in [2.05, 4.69) is 4.98 Å². The summed E-state index contributed by atoms with van der Waals surface area (Å²) in [7, 11) is 1.73. The zero-order chi connectivity index (χ0) is 8.27. The van der Waals surface area contributed by atoms with E-state index in [0.717, 1.165) is 0 Å². The van der Waals surface area contributed by atoms with Crippen molar-refractivity contribution in [1.29, 1.82) is 0 Å². The van der Waals surface area contributed by atoms with E-state index in [9.17, 15) is 4.79 Å². The molecule has 1 rings (SSSR count). The molecule has 0 saturated heterocycles. The molecule has 11 heavy (non-hydrogen) atoms. The monoisotopic (exact) mass is 156 g/mol. The van der Waals surface area contributed by atoms with Crippen LogP contribution in [0.5, 0.6) is 6.01 Å². The first-order chi connectivity index (χ1) is 5.20.